The van der Waals surface area contributed by atoms with Crippen LogP contribution in [0.3, 0.4) is 0 Å². The molecule has 0 rings (SSSR count). The lowest BCUT2D eigenvalue weighted by atomic mass is 10.2. The first kappa shape index (κ1) is 11.6. The first-order chi connectivity index (χ1) is 3.77. The van der Waals surface area contributed by atoms with Crippen molar-refractivity contribution in [3.8, 4) is 0 Å². The predicted octanol–water partition coefficient (Wildman–Crippen LogP) is 1.76. The SMILES string of the molecule is CCCCCC(=O)O.S. The van der Waals surface area contributed by atoms with E-state index in [1.807, 2.05) is 0 Å². The molecule has 0 aliphatic rings. The molecule has 0 aliphatic carbocycles. The highest BCUT2D eigenvalue weighted by atomic mass is 32.1. The molecule has 0 amide bonds. The van der Waals surface area contributed by atoms with E-state index in [1.165, 1.54) is 0 Å². The molecule has 0 saturated carbocycles. The number of carbonyl (C=O) groups is 1. The Balaban J connectivity index is 0. The minimum atomic E-state index is -0.682. The molecule has 0 unspecified atom stereocenters. The Morgan fingerprint density at radius 1 is 1.44 bits per heavy atom. The van der Waals surface area contributed by atoms with Crippen LogP contribution in [-0.2, 0) is 4.79 Å². The van der Waals surface area contributed by atoms with Crippen molar-refractivity contribution in [1.82, 2.24) is 0 Å². The maximum Gasteiger partial charge on any atom is 0.303 e. The fourth-order valence-corrected chi connectivity index (χ4v) is 0.526. The van der Waals surface area contributed by atoms with Crippen molar-refractivity contribution in [1.29, 1.82) is 0 Å². The third-order valence-electron chi connectivity index (χ3n) is 0.994. The van der Waals surface area contributed by atoms with Gasteiger partial charge >= 0.3 is 5.97 Å². The fraction of sp³-hybridized carbons (Fsp3) is 0.833. The maximum atomic E-state index is 9.87. The molecule has 0 heterocycles. The van der Waals surface area contributed by atoms with E-state index >= 15 is 0 Å². The zero-order valence-electron chi connectivity index (χ0n) is 5.68. The number of hydrogen-bond acceptors (Lipinski definition) is 1. The third-order valence-corrected chi connectivity index (χ3v) is 0.994. The Labute approximate surface area is 62.7 Å². The molecule has 0 bridgehead atoms. The van der Waals surface area contributed by atoms with Gasteiger partial charge in [0.2, 0.25) is 0 Å². The number of carboxylic acids is 1. The van der Waals surface area contributed by atoms with Crippen molar-refractivity contribution in [3.05, 3.63) is 0 Å². The number of unbranched alkanes of at least 4 members (excludes halogenated alkanes) is 2. The second kappa shape index (κ2) is 7.82. The van der Waals surface area contributed by atoms with Gasteiger partial charge in [0.25, 0.3) is 0 Å². The fourth-order valence-electron chi connectivity index (χ4n) is 0.526. The summed E-state index contributed by atoms with van der Waals surface area (Å²) in [5.41, 5.74) is 0. The minimum Gasteiger partial charge on any atom is -0.481 e. The molecule has 0 fully saturated rings. The van der Waals surface area contributed by atoms with Gasteiger partial charge in [-0.05, 0) is 6.42 Å². The zero-order valence-corrected chi connectivity index (χ0v) is 6.68. The number of aliphatic carboxylic acids is 1. The van der Waals surface area contributed by atoms with Gasteiger partial charge in [-0.1, -0.05) is 19.8 Å². The number of hydrogen-bond donors (Lipinski definition) is 1. The van der Waals surface area contributed by atoms with Gasteiger partial charge in [0.15, 0.2) is 0 Å². The molecule has 0 saturated heterocycles. The smallest absolute Gasteiger partial charge is 0.303 e. The Morgan fingerprint density at radius 2 is 2.00 bits per heavy atom. The van der Waals surface area contributed by atoms with Crippen LogP contribution in [0.4, 0.5) is 0 Å². The van der Waals surface area contributed by atoms with Crippen molar-refractivity contribution in [2.75, 3.05) is 0 Å². The van der Waals surface area contributed by atoms with Crippen molar-refractivity contribution in [3.63, 3.8) is 0 Å². The quantitative estimate of drug-likeness (QED) is 0.620. The van der Waals surface area contributed by atoms with E-state index in [9.17, 15) is 4.79 Å². The maximum absolute atomic E-state index is 9.87. The van der Waals surface area contributed by atoms with Gasteiger partial charge in [0, 0.05) is 6.42 Å². The molecule has 0 aromatic heterocycles. The van der Waals surface area contributed by atoms with E-state index in [1.54, 1.807) is 0 Å². The van der Waals surface area contributed by atoms with E-state index in [0.29, 0.717) is 6.42 Å². The standard InChI is InChI=1S/C6H12O2.H2S/c1-2-3-4-5-6(7)8;/h2-5H2,1H3,(H,7,8);1H2. The molecule has 9 heavy (non-hydrogen) atoms. The predicted molar refractivity (Wildman–Crippen MR) is 42.2 cm³/mol. The third kappa shape index (κ3) is 11.4. The van der Waals surface area contributed by atoms with Gasteiger partial charge in [-0.3, -0.25) is 4.79 Å². The molecular formula is C6H14O2S. The average molecular weight is 150 g/mol. The number of carboxylic acid groups (broad SMARTS) is 1. The summed E-state index contributed by atoms with van der Waals surface area (Å²) in [7, 11) is 0. The van der Waals surface area contributed by atoms with Gasteiger partial charge in [-0.2, -0.15) is 13.5 Å². The normalized spacial score (nSPS) is 8.11. The van der Waals surface area contributed by atoms with E-state index in [4.69, 9.17) is 5.11 Å². The summed E-state index contributed by atoms with van der Waals surface area (Å²) in [6.45, 7) is 2.06. The highest BCUT2D eigenvalue weighted by Gasteiger charge is 1.92. The Kier molecular flexibility index (Phi) is 10.1. The zero-order chi connectivity index (χ0) is 6.41. The van der Waals surface area contributed by atoms with Crippen molar-refractivity contribution in [2.24, 2.45) is 0 Å². The van der Waals surface area contributed by atoms with E-state index in [-0.39, 0.29) is 13.5 Å². The van der Waals surface area contributed by atoms with Crippen LogP contribution < -0.4 is 0 Å². The molecule has 0 radical (unpaired) electrons. The van der Waals surface area contributed by atoms with E-state index in [0.717, 1.165) is 19.3 Å². The second-order valence-electron chi connectivity index (χ2n) is 1.85. The second-order valence-corrected chi connectivity index (χ2v) is 1.85. The number of rotatable bonds is 4. The molecule has 0 aromatic carbocycles. The molecule has 0 aliphatic heterocycles. The van der Waals surface area contributed by atoms with E-state index in [2.05, 4.69) is 6.92 Å². The lowest BCUT2D eigenvalue weighted by Gasteiger charge is -1.89. The summed E-state index contributed by atoms with van der Waals surface area (Å²) >= 11 is 0. The molecule has 0 spiro atoms. The van der Waals surface area contributed by atoms with Crippen LogP contribution in [0.15, 0.2) is 0 Å². The van der Waals surface area contributed by atoms with Crippen LogP contribution in [0, 0.1) is 0 Å². The minimum absolute atomic E-state index is 0. The largest absolute Gasteiger partial charge is 0.481 e. The lowest BCUT2D eigenvalue weighted by Crippen LogP contribution is -1.92. The van der Waals surface area contributed by atoms with Crippen LogP contribution in [0.25, 0.3) is 0 Å². The Bertz CT molecular complexity index is 73.5. The lowest BCUT2D eigenvalue weighted by molar-refractivity contribution is -0.137. The first-order valence-corrected chi connectivity index (χ1v) is 2.99. The summed E-state index contributed by atoms with van der Waals surface area (Å²) in [5, 5.41) is 8.14. The molecule has 2 nitrogen and oxygen atoms in total. The van der Waals surface area contributed by atoms with Crippen LogP contribution in [0.1, 0.15) is 32.6 Å². The topological polar surface area (TPSA) is 37.3 Å². The van der Waals surface area contributed by atoms with Crippen LogP contribution in [0.5, 0.6) is 0 Å². The summed E-state index contributed by atoms with van der Waals surface area (Å²) in [6, 6.07) is 0. The summed E-state index contributed by atoms with van der Waals surface area (Å²) < 4.78 is 0. The van der Waals surface area contributed by atoms with Crippen molar-refractivity contribution < 1.29 is 9.90 Å². The van der Waals surface area contributed by atoms with Gasteiger partial charge in [-0.15, -0.1) is 0 Å². The van der Waals surface area contributed by atoms with Gasteiger partial charge < -0.3 is 5.11 Å². The van der Waals surface area contributed by atoms with Crippen molar-refractivity contribution >= 4 is 19.5 Å². The van der Waals surface area contributed by atoms with Crippen LogP contribution >= 0.6 is 13.5 Å². The van der Waals surface area contributed by atoms with Crippen LogP contribution in [0.2, 0.25) is 0 Å². The highest BCUT2D eigenvalue weighted by molar-refractivity contribution is 7.59. The van der Waals surface area contributed by atoms with Gasteiger partial charge in [0.1, 0.15) is 0 Å². The van der Waals surface area contributed by atoms with Crippen LogP contribution in [-0.4, -0.2) is 11.1 Å². The molecule has 56 valence electrons. The Morgan fingerprint density at radius 3 is 2.33 bits per heavy atom. The summed E-state index contributed by atoms with van der Waals surface area (Å²) in [6.07, 6.45) is 3.28. The monoisotopic (exact) mass is 150 g/mol. The summed E-state index contributed by atoms with van der Waals surface area (Å²) in [4.78, 5) is 9.87. The molecule has 0 aromatic rings. The molecule has 0 atom stereocenters. The Hall–Kier alpha value is -0.180. The van der Waals surface area contributed by atoms with Gasteiger partial charge in [0.05, 0.1) is 0 Å². The van der Waals surface area contributed by atoms with E-state index < -0.39 is 5.97 Å². The highest BCUT2D eigenvalue weighted by Crippen LogP contribution is 1.97. The molecule has 3 heteroatoms. The van der Waals surface area contributed by atoms with Gasteiger partial charge in [-0.25, -0.2) is 0 Å². The van der Waals surface area contributed by atoms with Crippen molar-refractivity contribution in [2.45, 2.75) is 32.6 Å². The first-order valence-electron chi connectivity index (χ1n) is 2.99. The molecular weight excluding hydrogens is 136 g/mol. The average Bonchev–Trinajstić information content (AvgIpc) is 1.66. The molecule has 1 N–H and O–H groups in total. The summed E-state index contributed by atoms with van der Waals surface area (Å²) in [5.74, 6) is -0.682.